The van der Waals surface area contributed by atoms with Gasteiger partial charge in [0.05, 0.1) is 4.92 Å². The Bertz CT molecular complexity index is 481. The second kappa shape index (κ2) is 6.76. The molecule has 1 aliphatic heterocycles. The molecule has 6 heteroatoms. The highest BCUT2D eigenvalue weighted by atomic mass is 19.1. The number of hydrogen-bond acceptors (Lipinski definition) is 4. The van der Waals surface area contributed by atoms with Gasteiger partial charge >= 0.3 is 0 Å². The van der Waals surface area contributed by atoms with Crippen molar-refractivity contribution in [3.8, 4) is 0 Å². The minimum absolute atomic E-state index is 0.0285. The summed E-state index contributed by atoms with van der Waals surface area (Å²) in [6, 6.07) is 3.92. The average molecular weight is 282 g/mol. The maximum atomic E-state index is 13.3. The van der Waals surface area contributed by atoms with Crippen molar-refractivity contribution in [1.82, 2.24) is 4.90 Å². The molecule has 0 spiro atoms. The minimum Gasteiger partial charge on any atom is -0.396 e. The summed E-state index contributed by atoms with van der Waals surface area (Å²) in [5, 5.41) is 19.9. The van der Waals surface area contributed by atoms with E-state index in [9.17, 15) is 14.5 Å². The molecule has 1 atom stereocenters. The first-order valence-electron chi connectivity index (χ1n) is 6.89. The Morgan fingerprint density at radius 3 is 3.00 bits per heavy atom. The number of likely N-dealkylation sites (tertiary alicyclic amines) is 1. The molecule has 2 rings (SSSR count). The summed E-state index contributed by atoms with van der Waals surface area (Å²) in [7, 11) is 0. The summed E-state index contributed by atoms with van der Waals surface area (Å²) in [5.41, 5.74) is 0.394. The van der Waals surface area contributed by atoms with Gasteiger partial charge in [0.2, 0.25) is 0 Å². The standard InChI is InChI=1S/C14H19FN2O3/c15-12-5-6-14(17(19)20)11(9-12)10-16-7-1-3-13(16)4-2-8-18/h5-6,9,13,18H,1-4,7-8,10H2. The van der Waals surface area contributed by atoms with Crippen LogP contribution in [0.5, 0.6) is 0 Å². The molecule has 110 valence electrons. The quantitative estimate of drug-likeness (QED) is 0.643. The molecule has 20 heavy (non-hydrogen) atoms. The summed E-state index contributed by atoms with van der Waals surface area (Å²) in [6.07, 6.45) is 3.67. The van der Waals surface area contributed by atoms with Crippen LogP contribution in [-0.4, -0.2) is 34.1 Å². The zero-order valence-electron chi connectivity index (χ0n) is 11.3. The fourth-order valence-electron chi connectivity index (χ4n) is 2.83. The van der Waals surface area contributed by atoms with E-state index in [1.54, 1.807) is 0 Å². The van der Waals surface area contributed by atoms with Gasteiger partial charge in [0.1, 0.15) is 5.82 Å². The maximum absolute atomic E-state index is 13.3. The lowest BCUT2D eigenvalue weighted by atomic mass is 10.1. The van der Waals surface area contributed by atoms with Crippen LogP contribution in [0.4, 0.5) is 10.1 Å². The summed E-state index contributed by atoms with van der Waals surface area (Å²) < 4.78 is 13.3. The maximum Gasteiger partial charge on any atom is 0.274 e. The van der Waals surface area contributed by atoms with Gasteiger partial charge in [0.25, 0.3) is 5.69 Å². The van der Waals surface area contributed by atoms with Crippen LogP contribution >= 0.6 is 0 Å². The van der Waals surface area contributed by atoms with Crippen molar-refractivity contribution in [2.75, 3.05) is 13.2 Å². The molecule has 1 unspecified atom stereocenters. The second-order valence-corrected chi connectivity index (χ2v) is 5.16. The Labute approximate surface area is 117 Å². The van der Waals surface area contributed by atoms with Gasteiger partial charge in [-0.15, -0.1) is 0 Å². The number of benzene rings is 1. The van der Waals surface area contributed by atoms with E-state index in [-0.39, 0.29) is 12.3 Å². The third-order valence-corrected chi connectivity index (χ3v) is 3.81. The molecule has 0 amide bonds. The molecule has 0 aromatic heterocycles. The van der Waals surface area contributed by atoms with Crippen molar-refractivity contribution >= 4 is 5.69 Å². The number of halogens is 1. The zero-order valence-corrected chi connectivity index (χ0v) is 11.3. The van der Waals surface area contributed by atoms with E-state index >= 15 is 0 Å². The SMILES string of the molecule is O=[N+]([O-])c1ccc(F)cc1CN1CCCC1CCCO. The number of nitro benzene ring substituents is 1. The normalized spacial score (nSPS) is 19.4. The summed E-state index contributed by atoms with van der Waals surface area (Å²) in [4.78, 5) is 12.7. The predicted octanol–water partition coefficient (Wildman–Crippen LogP) is 2.47. The van der Waals surface area contributed by atoms with Crippen molar-refractivity contribution < 1.29 is 14.4 Å². The molecule has 0 saturated carbocycles. The van der Waals surface area contributed by atoms with Crippen molar-refractivity contribution in [2.24, 2.45) is 0 Å². The number of rotatable bonds is 6. The van der Waals surface area contributed by atoms with Gasteiger partial charge in [-0.05, 0) is 44.4 Å². The topological polar surface area (TPSA) is 66.6 Å². The Morgan fingerprint density at radius 1 is 1.50 bits per heavy atom. The van der Waals surface area contributed by atoms with Crippen LogP contribution in [0.1, 0.15) is 31.2 Å². The largest absolute Gasteiger partial charge is 0.396 e. The number of hydrogen-bond donors (Lipinski definition) is 1. The van der Waals surface area contributed by atoms with Gasteiger partial charge in [-0.3, -0.25) is 15.0 Å². The molecule has 1 aromatic carbocycles. The Hall–Kier alpha value is -1.53. The van der Waals surface area contributed by atoms with E-state index in [1.165, 1.54) is 12.1 Å². The van der Waals surface area contributed by atoms with E-state index in [0.29, 0.717) is 18.2 Å². The van der Waals surface area contributed by atoms with Crippen LogP contribution in [0.25, 0.3) is 0 Å². The van der Waals surface area contributed by atoms with Crippen LogP contribution in [0.3, 0.4) is 0 Å². The lowest BCUT2D eigenvalue weighted by Crippen LogP contribution is -2.29. The molecule has 1 aliphatic rings. The van der Waals surface area contributed by atoms with Crippen LogP contribution in [0.2, 0.25) is 0 Å². The van der Waals surface area contributed by atoms with Crippen LogP contribution in [0.15, 0.2) is 18.2 Å². The number of aliphatic hydroxyl groups excluding tert-OH is 1. The lowest BCUT2D eigenvalue weighted by molar-refractivity contribution is -0.385. The van der Waals surface area contributed by atoms with Crippen molar-refractivity contribution in [3.63, 3.8) is 0 Å². The molecule has 0 aliphatic carbocycles. The molecule has 1 heterocycles. The molecule has 1 aromatic rings. The molecule has 1 fully saturated rings. The molecule has 0 radical (unpaired) electrons. The first-order chi connectivity index (χ1) is 9.61. The third kappa shape index (κ3) is 3.52. The number of nitro groups is 1. The lowest BCUT2D eigenvalue weighted by Gasteiger charge is -2.24. The van der Waals surface area contributed by atoms with E-state index in [0.717, 1.165) is 38.3 Å². The average Bonchev–Trinajstić information content (AvgIpc) is 2.83. The first kappa shape index (κ1) is 14.9. The van der Waals surface area contributed by atoms with Gasteiger partial charge in [-0.1, -0.05) is 0 Å². The molecular weight excluding hydrogens is 263 g/mol. The highest BCUT2D eigenvalue weighted by Gasteiger charge is 2.26. The van der Waals surface area contributed by atoms with Crippen LogP contribution < -0.4 is 0 Å². The smallest absolute Gasteiger partial charge is 0.274 e. The third-order valence-electron chi connectivity index (χ3n) is 3.81. The van der Waals surface area contributed by atoms with Crippen LogP contribution in [0, 0.1) is 15.9 Å². The molecular formula is C14H19FN2O3. The Kier molecular flexibility index (Phi) is 5.03. The van der Waals surface area contributed by atoms with Gasteiger partial charge in [0.15, 0.2) is 0 Å². The van der Waals surface area contributed by atoms with Crippen molar-refractivity contribution in [1.29, 1.82) is 0 Å². The zero-order chi connectivity index (χ0) is 14.5. The minimum atomic E-state index is -0.465. The second-order valence-electron chi connectivity index (χ2n) is 5.16. The van der Waals surface area contributed by atoms with E-state index < -0.39 is 10.7 Å². The van der Waals surface area contributed by atoms with E-state index in [4.69, 9.17) is 5.11 Å². The summed E-state index contributed by atoms with van der Waals surface area (Å²) in [5.74, 6) is -0.447. The fraction of sp³-hybridized carbons (Fsp3) is 0.571. The monoisotopic (exact) mass is 282 g/mol. The van der Waals surface area contributed by atoms with Crippen LogP contribution in [-0.2, 0) is 6.54 Å². The van der Waals surface area contributed by atoms with Crippen molar-refractivity contribution in [3.05, 3.63) is 39.7 Å². The van der Waals surface area contributed by atoms with Gasteiger partial charge in [-0.25, -0.2) is 4.39 Å². The molecule has 1 N–H and O–H groups in total. The van der Waals surface area contributed by atoms with Gasteiger partial charge < -0.3 is 5.11 Å². The summed E-state index contributed by atoms with van der Waals surface area (Å²) in [6.45, 7) is 1.42. The van der Waals surface area contributed by atoms with Gasteiger partial charge in [-0.2, -0.15) is 0 Å². The Morgan fingerprint density at radius 2 is 2.30 bits per heavy atom. The highest BCUT2D eigenvalue weighted by Crippen LogP contribution is 2.27. The highest BCUT2D eigenvalue weighted by molar-refractivity contribution is 5.40. The molecule has 1 saturated heterocycles. The predicted molar refractivity (Wildman–Crippen MR) is 72.8 cm³/mol. The van der Waals surface area contributed by atoms with E-state index in [1.807, 2.05) is 0 Å². The van der Waals surface area contributed by atoms with Gasteiger partial charge in [0, 0.05) is 30.8 Å². The number of aliphatic hydroxyl groups is 1. The number of nitrogens with zero attached hydrogens (tertiary/aromatic N) is 2. The van der Waals surface area contributed by atoms with E-state index in [2.05, 4.69) is 4.90 Å². The molecule has 5 nitrogen and oxygen atoms in total. The van der Waals surface area contributed by atoms with Crippen molar-refractivity contribution in [2.45, 2.75) is 38.3 Å². The molecule has 0 bridgehead atoms. The Balaban J connectivity index is 2.12. The first-order valence-corrected chi connectivity index (χ1v) is 6.89. The summed E-state index contributed by atoms with van der Waals surface area (Å²) >= 11 is 0. The fourth-order valence-corrected chi connectivity index (χ4v) is 2.83.